The number of benzene rings is 2. The van der Waals surface area contributed by atoms with Gasteiger partial charge in [-0.1, -0.05) is 18.2 Å². The number of methoxy groups -OCH3 is 1. The number of anilines is 2. The first kappa shape index (κ1) is 16.3. The van der Waals surface area contributed by atoms with Gasteiger partial charge < -0.3 is 10.1 Å². The third-order valence-electron chi connectivity index (χ3n) is 3.04. The lowest BCUT2D eigenvalue weighted by atomic mass is 10.3. The molecule has 5 nitrogen and oxygen atoms in total. The molecule has 2 N–H and O–H groups in total. The molecule has 0 heterocycles. The van der Waals surface area contributed by atoms with E-state index in [-0.39, 0.29) is 4.90 Å². The maximum Gasteiger partial charge on any atom is 0.261 e. The third-order valence-corrected chi connectivity index (χ3v) is 4.44. The van der Waals surface area contributed by atoms with Crippen LogP contribution in [0, 0.1) is 0 Å². The fourth-order valence-electron chi connectivity index (χ4n) is 1.92. The van der Waals surface area contributed by atoms with Crippen LogP contribution in [0.2, 0.25) is 0 Å². The second-order valence-corrected chi connectivity index (χ2v) is 6.45. The Morgan fingerprint density at radius 1 is 0.955 bits per heavy atom. The van der Waals surface area contributed by atoms with E-state index in [9.17, 15) is 8.42 Å². The number of ether oxygens (including phenoxy) is 1. The molecule has 0 aliphatic carbocycles. The van der Waals surface area contributed by atoms with Crippen molar-refractivity contribution in [2.24, 2.45) is 0 Å². The molecule has 0 bridgehead atoms. The van der Waals surface area contributed by atoms with Crippen LogP contribution in [-0.4, -0.2) is 28.7 Å². The lowest BCUT2D eigenvalue weighted by Crippen LogP contribution is -2.12. The summed E-state index contributed by atoms with van der Waals surface area (Å²) in [6.45, 7) is 1.52. The highest BCUT2D eigenvalue weighted by Gasteiger charge is 2.12. The van der Waals surface area contributed by atoms with Gasteiger partial charge in [-0.2, -0.15) is 0 Å². The SMILES string of the molecule is COCCCNc1ccc(NS(=O)(=O)c2ccccc2)cc1. The van der Waals surface area contributed by atoms with Crippen LogP contribution in [0.15, 0.2) is 59.5 Å². The highest BCUT2D eigenvalue weighted by molar-refractivity contribution is 7.92. The molecule has 0 unspecified atom stereocenters. The highest BCUT2D eigenvalue weighted by atomic mass is 32.2. The Morgan fingerprint density at radius 2 is 1.59 bits per heavy atom. The van der Waals surface area contributed by atoms with Crippen molar-refractivity contribution >= 4 is 21.4 Å². The van der Waals surface area contributed by atoms with Crippen molar-refractivity contribution < 1.29 is 13.2 Å². The summed E-state index contributed by atoms with van der Waals surface area (Å²) in [6, 6.07) is 15.5. The van der Waals surface area contributed by atoms with E-state index in [4.69, 9.17) is 4.74 Å². The van der Waals surface area contributed by atoms with Crippen molar-refractivity contribution in [1.82, 2.24) is 0 Å². The maximum atomic E-state index is 12.2. The number of nitrogens with one attached hydrogen (secondary N) is 2. The minimum Gasteiger partial charge on any atom is -0.385 e. The number of sulfonamides is 1. The van der Waals surface area contributed by atoms with Crippen molar-refractivity contribution in [3.63, 3.8) is 0 Å². The van der Waals surface area contributed by atoms with Gasteiger partial charge in [0.15, 0.2) is 0 Å². The van der Waals surface area contributed by atoms with Gasteiger partial charge in [-0.05, 0) is 42.8 Å². The van der Waals surface area contributed by atoms with Gasteiger partial charge in [-0.15, -0.1) is 0 Å². The normalized spacial score (nSPS) is 11.1. The summed E-state index contributed by atoms with van der Waals surface area (Å²) in [6.07, 6.45) is 0.916. The van der Waals surface area contributed by atoms with E-state index in [1.165, 1.54) is 0 Å². The topological polar surface area (TPSA) is 67.4 Å². The van der Waals surface area contributed by atoms with Gasteiger partial charge in [0.05, 0.1) is 4.90 Å². The van der Waals surface area contributed by atoms with Crippen LogP contribution >= 0.6 is 0 Å². The van der Waals surface area contributed by atoms with Crippen molar-refractivity contribution in [2.75, 3.05) is 30.3 Å². The lowest BCUT2D eigenvalue weighted by molar-refractivity contribution is 0.198. The predicted octanol–water partition coefficient (Wildman–Crippen LogP) is 2.94. The standard InChI is InChI=1S/C16H20N2O3S/c1-21-13-5-12-17-14-8-10-15(11-9-14)18-22(19,20)16-6-3-2-4-7-16/h2-4,6-11,17-18H,5,12-13H2,1H3. The van der Waals surface area contributed by atoms with Gasteiger partial charge in [0, 0.05) is 31.6 Å². The largest absolute Gasteiger partial charge is 0.385 e. The molecule has 2 aromatic carbocycles. The molecular weight excluding hydrogens is 300 g/mol. The van der Waals surface area contributed by atoms with Gasteiger partial charge in [0.25, 0.3) is 10.0 Å². The second kappa shape index (κ2) is 7.82. The minimum absolute atomic E-state index is 0.247. The van der Waals surface area contributed by atoms with Gasteiger partial charge >= 0.3 is 0 Å². The smallest absolute Gasteiger partial charge is 0.261 e. The van der Waals surface area contributed by atoms with Gasteiger partial charge in [0.1, 0.15) is 0 Å². The maximum absolute atomic E-state index is 12.2. The van der Waals surface area contributed by atoms with E-state index in [0.717, 1.165) is 18.7 Å². The zero-order valence-electron chi connectivity index (χ0n) is 12.5. The molecule has 0 atom stereocenters. The van der Waals surface area contributed by atoms with Gasteiger partial charge in [-0.25, -0.2) is 8.42 Å². The molecular formula is C16H20N2O3S. The number of hydrogen-bond acceptors (Lipinski definition) is 4. The van der Waals surface area contributed by atoms with Crippen LogP contribution < -0.4 is 10.0 Å². The monoisotopic (exact) mass is 320 g/mol. The van der Waals surface area contributed by atoms with Crippen molar-refractivity contribution in [2.45, 2.75) is 11.3 Å². The van der Waals surface area contributed by atoms with E-state index in [1.54, 1.807) is 49.6 Å². The highest BCUT2D eigenvalue weighted by Crippen LogP contribution is 2.18. The number of rotatable bonds is 8. The number of hydrogen-bond donors (Lipinski definition) is 2. The zero-order chi connectivity index (χ0) is 15.8. The fourth-order valence-corrected chi connectivity index (χ4v) is 3.00. The van der Waals surface area contributed by atoms with Crippen molar-refractivity contribution in [3.05, 3.63) is 54.6 Å². The first-order chi connectivity index (χ1) is 10.6. The zero-order valence-corrected chi connectivity index (χ0v) is 13.3. The summed E-state index contributed by atoms with van der Waals surface area (Å²) in [4.78, 5) is 0.247. The molecule has 0 aliphatic heterocycles. The van der Waals surface area contributed by atoms with Gasteiger partial charge in [-0.3, -0.25) is 4.72 Å². The molecule has 0 saturated carbocycles. The molecule has 118 valence electrons. The van der Waals surface area contributed by atoms with Crippen LogP contribution in [0.1, 0.15) is 6.42 Å². The summed E-state index contributed by atoms with van der Waals surface area (Å²) in [5.41, 5.74) is 1.48. The molecule has 0 aliphatic rings. The lowest BCUT2D eigenvalue weighted by Gasteiger charge is -2.10. The molecule has 0 aromatic heterocycles. The third kappa shape index (κ3) is 4.75. The van der Waals surface area contributed by atoms with Crippen molar-refractivity contribution in [3.8, 4) is 0 Å². The quantitative estimate of drug-likeness (QED) is 0.734. The second-order valence-electron chi connectivity index (χ2n) is 4.77. The Kier molecular flexibility index (Phi) is 5.80. The Labute approximate surface area is 131 Å². The van der Waals surface area contributed by atoms with Crippen LogP contribution in [0.3, 0.4) is 0 Å². The molecule has 0 amide bonds. The molecule has 22 heavy (non-hydrogen) atoms. The van der Waals surface area contributed by atoms with E-state index in [1.807, 2.05) is 12.1 Å². The first-order valence-corrected chi connectivity index (χ1v) is 8.51. The fraction of sp³-hybridized carbons (Fsp3) is 0.250. The van der Waals surface area contributed by atoms with E-state index in [2.05, 4.69) is 10.0 Å². The Morgan fingerprint density at radius 3 is 2.23 bits per heavy atom. The molecule has 6 heteroatoms. The summed E-state index contributed by atoms with van der Waals surface area (Å²) in [7, 11) is -1.86. The molecule has 2 aromatic rings. The van der Waals surface area contributed by atoms with E-state index in [0.29, 0.717) is 12.3 Å². The summed E-state index contributed by atoms with van der Waals surface area (Å²) < 4.78 is 31.9. The Balaban J connectivity index is 1.96. The molecule has 0 saturated heterocycles. The molecule has 0 spiro atoms. The summed E-state index contributed by atoms with van der Waals surface area (Å²) >= 11 is 0. The predicted molar refractivity (Wildman–Crippen MR) is 88.7 cm³/mol. The van der Waals surface area contributed by atoms with Crippen LogP contribution in [0.5, 0.6) is 0 Å². The van der Waals surface area contributed by atoms with Gasteiger partial charge in [0.2, 0.25) is 0 Å². The van der Waals surface area contributed by atoms with Crippen LogP contribution in [0.25, 0.3) is 0 Å². The summed E-state index contributed by atoms with van der Waals surface area (Å²) in [5.74, 6) is 0. The average Bonchev–Trinajstić information content (AvgIpc) is 2.54. The van der Waals surface area contributed by atoms with Crippen molar-refractivity contribution in [1.29, 1.82) is 0 Å². The minimum atomic E-state index is -3.54. The Bertz CT molecular complexity index is 670. The van der Waals surface area contributed by atoms with Crippen LogP contribution in [-0.2, 0) is 14.8 Å². The van der Waals surface area contributed by atoms with E-state index >= 15 is 0 Å². The molecule has 0 fully saturated rings. The van der Waals surface area contributed by atoms with Crippen LogP contribution in [0.4, 0.5) is 11.4 Å². The molecule has 0 radical (unpaired) electrons. The Hall–Kier alpha value is -2.05. The average molecular weight is 320 g/mol. The molecule has 2 rings (SSSR count). The summed E-state index contributed by atoms with van der Waals surface area (Å²) in [5, 5.41) is 3.24. The first-order valence-electron chi connectivity index (χ1n) is 7.02. The van der Waals surface area contributed by atoms with E-state index < -0.39 is 10.0 Å².